The summed E-state index contributed by atoms with van der Waals surface area (Å²) in [6.07, 6.45) is -17.6. The van der Waals surface area contributed by atoms with Crippen molar-refractivity contribution >= 4 is 54.1 Å². The molecule has 0 bridgehead atoms. The molecule has 0 spiro atoms. The molecule has 0 radical (unpaired) electrons. The first-order chi connectivity index (χ1) is 22.9. The molecule has 14 N–H and O–H groups in total. The van der Waals surface area contributed by atoms with Gasteiger partial charge in [-0.1, -0.05) is 6.07 Å². The topological polar surface area (TPSA) is 363 Å². The molecule has 2 heterocycles. The van der Waals surface area contributed by atoms with E-state index < -0.39 is 103 Å². The first-order valence-electron chi connectivity index (χ1n) is 15.0. The zero-order valence-electron chi connectivity index (χ0n) is 30.3. The average molecular weight is 794 g/mol. The summed E-state index contributed by atoms with van der Waals surface area (Å²) in [5, 5.41) is 109. The van der Waals surface area contributed by atoms with Crippen molar-refractivity contribution < 1.29 is 100 Å². The predicted molar refractivity (Wildman–Crippen MR) is 173 cm³/mol. The summed E-state index contributed by atoms with van der Waals surface area (Å²) < 4.78 is 51.8. The molecule has 2 saturated heterocycles. The van der Waals surface area contributed by atoms with E-state index in [1.165, 1.54) is 13.0 Å². The van der Waals surface area contributed by atoms with Crippen molar-refractivity contribution in [3.63, 3.8) is 0 Å². The number of hydrogen-bond donors (Lipinski definition) is 14. The Morgan fingerprint density at radius 1 is 0.882 bits per heavy atom. The Labute approximate surface area is 326 Å². The van der Waals surface area contributed by atoms with Gasteiger partial charge in [0.2, 0.25) is 0 Å². The van der Waals surface area contributed by atoms with Crippen LogP contribution in [0.25, 0.3) is 0 Å². The van der Waals surface area contributed by atoms with Crippen LogP contribution in [0.5, 0.6) is 5.75 Å². The molecule has 21 nitrogen and oxygen atoms in total. The van der Waals surface area contributed by atoms with E-state index in [0.717, 1.165) is 0 Å². The summed E-state index contributed by atoms with van der Waals surface area (Å²) in [6, 6.07) is 4.64. The summed E-state index contributed by atoms with van der Waals surface area (Å²) >= 11 is 0. The smallest absolute Gasteiger partial charge is 1.00 e. The zero-order chi connectivity index (χ0) is 38.7. The molecule has 0 aliphatic carbocycles. The Morgan fingerprint density at radius 3 is 1.69 bits per heavy atom. The summed E-state index contributed by atoms with van der Waals surface area (Å²) in [6.45, 7) is 6.16. The van der Waals surface area contributed by atoms with Crippen molar-refractivity contribution in [1.82, 2.24) is 5.32 Å². The van der Waals surface area contributed by atoms with Gasteiger partial charge in [-0.25, -0.2) is 4.79 Å². The van der Waals surface area contributed by atoms with Crippen LogP contribution in [0.3, 0.4) is 0 Å². The molecule has 2 aliphatic rings. The molecule has 0 aromatic heterocycles. The van der Waals surface area contributed by atoms with Crippen LogP contribution in [0, 0.1) is 0 Å². The van der Waals surface area contributed by atoms with Gasteiger partial charge in [0.15, 0.2) is 12.6 Å². The molecule has 2 fully saturated rings. The number of aromatic hydroxyl groups is 1. The van der Waals surface area contributed by atoms with Crippen molar-refractivity contribution in [2.45, 2.75) is 113 Å². The number of β-amino-alcohol motifs (C(OH)–C–C–N with tert-alkyl or cyclic N) is 1. The monoisotopic (exact) mass is 793 g/mol. The van der Waals surface area contributed by atoms with Crippen molar-refractivity contribution in [3.8, 4) is 5.75 Å². The number of rotatable bonds is 10. The quantitative estimate of drug-likeness (QED) is 0.0599. The van der Waals surface area contributed by atoms with E-state index in [1.54, 1.807) is 12.1 Å². The fraction of sp³-hybridized carbons (Fsp3) is 0.750. The van der Waals surface area contributed by atoms with Crippen molar-refractivity contribution in [1.29, 1.82) is 0 Å². The Hall–Kier alpha value is -0.940. The Morgan fingerprint density at radius 2 is 1.31 bits per heavy atom. The van der Waals surface area contributed by atoms with Gasteiger partial charge in [-0.3, -0.25) is 9.11 Å². The predicted octanol–water partition coefficient (Wildman–Crippen LogP) is -4.97. The van der Waals surface area contributed by atoms with E-state index in [-0.39, 0.29) is 58.5 Å². The van der Waals surface area contributed by atoms with Crippen LogP contribution in [-0.2, 0) is 40.7 Å². The Bertz CT molecular complexity index is 1250. The van der Waals surface area contributed by atoms with Gasteiger partial charge in [0.1, 0.15) is 67.3 Å². The number of phenolic OH excluding ortho intramolecular Hbond substituents is 1. The molecule has 3 rings (SSSR count). The van der Waals surface area contributed by atoms with Gasteiger partial charge >= 0.3 is 54.1 Å². The number of carbonyl (C=O) groups is 1. The van der Waals surface area contributed by atoms with Crippen molar-refractivity contribution in [2.75, 3.05) is 19.8 Å². The summed E-state index contributed by atoms with van der Waals surface area (Å²) in [5.74, 6) is -0.794. The average Bonchev–Trinajstić information content (AvgIpc) is 3.02. The second-order valence-electron chi connectivity index (χ2n) is 12.3. The van der Waals surface area contributed by atoms with Crippen LogP contribution in [-0.4, -0.2) is 210 Å². The first kappa shape index (κ1) is 50.1. The molecule has 23 heteroatoms. The van der Waals surface area contributed by atoms with Crippen LogP contribution in [0.4, 0.5) is 0 Å². The van der Waals surface area contributed by atoms with Crippen molar-refractivity contribution in [2.24, 2.45) is 0 Å². The molecule has 0 amide bonds. The second-order valence-corrected chi connectivity index (χ2v) is 13.2. The number of carbonyl (C=O) groups excluding carboxylic acids is 1. The minimum absolute atomic E-state index is 0. The number of benzene rings is 1. The largest absolute Gasteiger partial charge is 2.00 e. The van der Waals surface area contributed by atoms with E-state index in [0.29, 0.717) is 17.7 Å². The fourth-order valence-corrected chi connectivity index (χ4v) is 4.21. The summed E-state index contributed by atoms with van der Waals surface area (Å²) in [7, 11) is -4.67. The normalized spacial score (nSPS) is 30.7. The van der Waals surface area contributed by atoms with Gasteiger partial charge in [-0.2, -0.15) is 8.42 Å². The van der Waals surface area contributed by atoms with Crippen LogP contribution in [0.1, 0.15) is 47.8 Å². The first-order valence-corrected chi connectivity index (χ1v) is 16.4. The maximum absolute atomic E-state index is 11.2. The number of phenols is 1. The third-order valence-corrected chi connectivity index (χ3v) is 6.99. The Kier molecular flexibility index (Phi) is 22.0. The molecule has 2 aliphatic heterocycles. The Balaban J connectivity index is -0.000000797. The maximum atomic E-state index is 11.2. The van der Waals surface area contributed by atoms with Crippen LogP contribution in [0.2, 0.25) is 0 Å². The third kappa shape index (κ3) is 17.4. The number of ether oxygens (including phenoxy) is 4. The molecule has 1 aromatic rings. The fourth-order valence-electron chi connectivity index (χ4n) is 4.21. The van der Waals surface area contributed by atoms with Gasteiger partial charge in [-0.05, 0) is 45.4 Å². The number of nitrogens with one attached hydrogen (secondary N) is 1. The van der Waals surface area contributed by atoms with Crippen LogP contribution in [0.15, 0.2) is 18.2 Å². The van der Waals surface area contributed by atoms with Crippen molar-refractivity contribution in [3.05, 3.63) is 29.3 Å². The molecule has 2 unspecified atom stereocenters. The second kappa shape index (κ2) is 22.4. The molecular weight excluding hydrogens is 742 g/mol. The molecule has 51 heavy (non-hydrogen) atoms. The van der Waals surface area contributed by atoms with E-state index in [2.05, 4.69) is 5.32 Å². The van der Waals surface area contributed by atoms with Gasteiger partial charge in [-0.15, -0.1) is 0 Å². The molecule has 1 aromatic carbocycles. The van der Waals surface area contributed by atoms with Gasteiger partial charge in [0, 0.05) is 17.6 Å². The number of esters is 1. The molecule has 0 saturated carbocycles. The van der Waals surface area contributed by atoms with E-state index in [1.807, 2.05) is 20.8 Å². The SMILES string of the molecule is CC(O)C(=O)OCc1cc(C(O)CNC(C)(C)C)ccc1O.O=S(=O)(O)O.OC[C@H]1O[C@H](O[C@H]2O[C@H](CO)[C@@H](O)[C@H](O)[C@H]2O)[C@H](O)[C@@H](O)[C@@H]1O.[Ca+2].[H-].[H-]. The summed E-state index contributed by atoms with van der Waals surface area (Å²) in [5.41, 5.74) is 0.868. The van der Waals surface area contributed by atoms with E-state index >= 15 is 0 Å². The van der Waals surface area contributed by atoms with Crippen LogP contribution < -0.4 is 5.32 Å². The van der Waals surface area contributed by atoms with Gasteiger partial charge in [0.25, 0.3) is 0 Å². The molecule has 296 valence electrons. The van der Waals surface area contributed by atoms with Gasteiger partial charge < -0.3 is 83.3 Å². The third-order valence-electron chi connectivity index (χ3n) is 6.99. The maximum Gasteiger partial charge on any atom is 2.00 e. The summed E-state index contributed by atoms with van der Waals surface area (Å²) in [4.78, 5) is 11.2. The van der Waals surface area contributed by atoms with Crippen LogP contribution >= 0.6 is 0 Å². The number of hydrogen-bond acceptors (Lipinski definition) is 19. The minimum Gasteiger partial charge on any atom is -1.00 e. The number of aliphatic hydroxyl groups excluding tert-OH is 10. The molecule has 12 atom stereocenters. The van der Waals surface area contributed by atoms with E-state index in [4.69, 9.17) is 51.8 Å². The van der Waals surface area contributed by atoms with Gasteiger partial charge in [0.05, 0.1) is 19.3 Å². The van der Waals surface area contributed by atoms with E-state index in [9.17, 15) is 45.6 Å². The standard InChI is InChI=1S/C16H25NO5.C12H22O11.Ca.H2O4S.2H/c1-10(18)15(21)22-9-12-7-11(5-6-13(12)19)14(20)8-17-16(2,3)4;13-1-3-5(15)7(17)9(19)11(21-3)23-12-10(20)8(18)6(16)4(2-14)22-12;;1-5(2,3)4;;/h5-7,10,14,17-20H,8-9H2,1-4H3;3-20H,1-2H2;;(H2,1,2,3,4);;/q;;+2;;2*-1/t;3-,4-,5-,6-,7+,8+,9-,10-,11-,12-;;;;/m.1..../s1. The molecular formula is C28H51CaNO20S. The zero-order valence-corrected chi connectivity index (χ0v) is 31.3. The number of aliphatic hydroxyl groups is 10. The minimum atomic E-state index is -4.67.